The van der Waals surface area contributed by atoms with E-state index in [1.54, 1.807) is 12.3 Å². The number of hydrogen-bond donors (Lipinski definition) is 0. The number of pyridine rings is 1. The molecule has 6 rings (SSSR count). The molecule has 3 heteroatoms. The summed E-state index contributed by atoms with van der Waals surface area (Å²) in [7, 11) is 0. The first-order valence-electron chi connectivity index (χ1n) is 10.9. The molecular weight excluding hydrogens is 402 g/mol. The largest absolute Gasteiger partial charge is 0.309 e. The molecule has 0 atom stereocenters. The fraction of sp³-hybridized carbons (Fsp3) is 0. The third-order valence-electron chi connectivity index (χ3n) is 6.09. The van der Waals surface area contributed by atoms with E-state index in [1.165, 1.54) is 27.4 Å². The van der Waals surface area contributed by atoms with Crippen LogP contribution in [0.1, 0.15) is 5.56 Å². The molecule has 0 saturated heterocycles. The molecule has 0 aliphatic heterocycles. The van der Waals surface area contributed by atoms with Gasteiger partial charge in [-0.15, -0.1) is 0 Å². The minimum Gasteiger partial charge on any atom is -0.309 e. The Bertz CT molecular complexity index is 1650. The average molecular weight is 422 g/mol. The van der Waals surface area contributed by atoms with Gasteiger partial charge in [-0.1, -0.05) is 66.7 Å². The maximum absolute atomic E-state index is 9.16. The summed E-state index contributed by atoms with van der Waals surface area (Å²) >= 11 is 0. The Labute approximate surface area is 191 Å². The zero-order chi connectivity index (χ0) is 22.2. The summed E-state index contributed by atoms with van der Waals surface area (Å²) in [6.45, 7) is 0. The van der Waals surface area contributed by atoms with E-state index in [0.717, 1.165) is 22.5 Å². The molecule has 0 spiro atoms. The summed E-state index contributed by atoms with van der Waals surface area (Å²) < 4.78 is 2.32. The normalized spacial score (nSPS) is 11.0. The molecule has 0 amide bonds. The van der Waals surface area contributed by atoms with Gasteiger partial charge in [-0.3, -0.25) is 4.98 Å². The smallest absolute Gasteiger partial charge is 0.0992 e. The van der Waals surface area contributed by atoms with Crippen LogP contribution in [0.4, 0.5) is 0 Å². The summed E-state index contributed by atoms with van der Waals surface area (Å²) in [5.41, 5.74) is 8.30. The van der Waals surface area contributed by atoms with Crippen molar-refractivity contribution in [3.63, 3.8) is 0 Å². The predicted octanol–water partition coefficient (Wildman–Crippen LogP) is 7.38. The highest BCUT2D eigenvalue weighted by atomic mass is 15.0. The third kappa shape index (κ3) is 3.26. The Morgan fingerprint density at radius 1 is 0.606 bits per heavy atom. The molecule has 0 saturated carbocycles. The number of rotatable bonds is 3. The van der Waals surface area contributed by atoms with Crippen LogP contribution in [0.15, 0.2) is 115 Å². The van der Waals surface area contributed by atoms with Crippen LogP contribution in [0, 0.1) is 11.3 Å². The van der Waals surface area contributed by atoms with Crippen molar-refractivity contribution in [3.05, 3.63) is 121 Å². The Morgan fingerprint density at radius 3 is 2.12 bits per heavy atom. The van der Waals surface area contributed by atoms with Crippen molar-refractivity contribution in [2.24, 2.45) is 0 Å². The third-order valence-corrected chi connectivity index (χ3v) is 6.09. The number of nitriles is 1. The topological polar surface area (TPSA) is 41.6 Å². The molecule has 0 unspecified atom stereocenters. The molecule has 0 aliphatic carbocycles. The number of hydrogen-bond acceptors (Lipinski definition) is 2. The van der Waals surface area contributed by atoms with Gasteiger partial charge in [-0.25, -0.2) is 0 Å². The first-order chi connectivity index (χ1) is 16.3. The number of nitrogens with zero attached hydrogens (tertiary/aromatic N) is 3. The van der Waals surface area contributed by atoms with E-state index in [9.17, 15) is 0 Å². The minimum absolute atomic E-state index is 0.615. The van der Waals surface area contributed by atoms with Crippen LogP contribution in [-0.2, 0) is 0 Å². The molecule has 33 heavy (non-hydrogen) atoms. The average Bonchev–Trinajstić information content (AvgIpc) is 3.23. The molecule has 0 N–H and O–H groups in total. The monoisotopic (exact) mass is 421 g/mol. The van der Waals surface area contributed by atoms with E-state index in [1.807, 2.05) is 12.1 Å². The summed E-state index contributed by atoms with van der Waals surface area (Å²) in [6.07, 6.45) is 1.68. The first kappa shape index (κ1) is 19.0. The van der Waals surface area contributed by atoms with Gasteiger partial charge in [0.05, 0.1) is 28.4 Å². The number of benzene rings is 4. The lowest BCUT2D eigenvalue weighted by Crippen LogP contribution is -1.92. The Morgan fingerprint density at radius 2 is 1.30 bits per heavy atom. The summed E-state index contributed by atoms with van der Waals surface area (Å²) in [4.78, 5) is 4.41. The lowest BCUT2D eigenvalue weighted by Gasteiger charge is -2.08. The molecule has 3 nitrogen and oxygen atoms in total. The zero-order valence-electron chi connectivity index (χ0n) is 17.8. The molecular formula is C30H19N3. The number of aromatic nitrogens is 2. The van der Waals surface area contributed by atoms with Crippen LogP contribution in [0.2, 0.25) is 0 Å². The number of para-hydroxylation sites is 2. The standard InChI is InChI=1S/C30H19N3/c31-20-21-16-17-32-28(18-21)23-12-10-22(11-13-23)24-14-15-30-27(19-24)26-8-4-5-9-29(26)33(30)25-6-2-1-3-7-25/h1-19H. The summed E-state index contributed by atoms with van der Waals surface area (Å²) in [6, 6.07) is 39.8. The zero-order valence-corrected chi connectivity index (χ0v) is 17.8. The first-order valence-corrected chi connectivity index (χ1v) is 10.9. The molecule has 154 valence electrons. The van der Waals surface area contributed by atoms with E-state index < -0.39 is 0 Å². The number of fused-ring (bicyclic) bond motifs is 3. The maximum atomic E-state index is 9.16. The second-order valence-electron chi connectivity index (χ2n) is 8.04. The van der Waals surface area contributed by atoms with Crippen LogP contribution in [-0.4, -0.2) is 9.55 Å². The predicted molar refractivity (Wildman–Crippen MR) is 134 cm³/mol. The van der Waals surface area contributed by atoms with Gasteiger partial charge in [0.25, 0.3) is 0 Å². The van der Waals surface area contributed by atoms with E-state index in [-0.39, 0.29) is 0 Å². The molecule has 6 aromatic rings. The highest BCUT2D eigenvalue weighted by Crippen LogP contribution is 2.35. The lowest BCUT2D eigenvalue weighted by molar-refractivity contribution is 1.18. The molecule has 0 bridgehead atoms. The minimum atomic E-state index is 0.615. The fourth-order valence-corrected chi connectivity index (χ4v) is 4.50. The van der Waals surface area contributed by atoms with Crippen molar-refractivity contribution in [2.75, 3.05) is 0 Å². The van der Waals surface area contributed by atoms with Crippen LogP contribution >= 0.6 is 0 Å². The van der Waals surface area contributed by atoms with Crippen molar-refractivity contribution in [1.29, 1.82) is 5.26 Å². The highest BCUT2D eigenvalue weighted by Gasteiger charge is 2.13. The van der Waals surface area contributed by atoms with E-state index >= 15 is 0 Å². The Kier molecular flexibility index (Phi) is 4.49. The summed E-state index contributed by atoms with van der Waals surface area (Å²) in [5.74, 6) is 0. The van der Waals surface area contributed by atoms with Gasteiger partial charge >= 0.3 is 0 Å². The van der Waals surface area contributed by atoms with Crippen molar-refractivity contribution in [1.82, 2.24) is 9.55 Å². The van der Waals surface area contributed by atoms with Crippen molar-refractivity contribution >= 4 is 21.8 Å². The molecule has 0 aliphatic rings. The van der Waals surface area contributed by atoms with Gasteiger partial charge in [0, 0.05) is 28.2 Å². The van der Waals surface area contributed by atoms with Crippen molar-refractivity contribution in [2.45, 2.75) is 0 Å². The quantitative estimate of drug-likeness (QED) is 0.299. The highest BCUT2D eigenvalue weighted by molar-refractivity contribution is 6.10. The van der Waals surface area contributed by atoms with Crippen LogP contribution in [0.25, 0.3) is 49.9 Å². The van der Waals surface area contributed by atoms with Gasteiger partial charge in [-0.05, 0) is 53.6 Å². The Balaban J connectivity index is 1.47. The molecule has 0 radical (unpaired) electrons. The van der Waals surface area contributed by atoms with Gasteiger partial charge in [-0.2, -0.15) is 5.26 Å². The molecule has 0 fully saturated rings. The van der Waals surface area contributed by atoms with Crippen molar-refractivity contribution < 1.29 is 0 Å². The van der Waals surface area contributed by atoms with E-state index in [4.69, 9.17) is 5.26 Å². The molecule has 2 aromatic heterocycles. The second-order valence-corrected chi connectivity index (χ2v) is 8.04. The fourth-order valence-electron chi connectivity index (χ4n) is 4.50. The van der Waals surface area contributed by atoms with Gasteiger partial charge in [0.15, 0.2) is 0 Å². The Hall–Kier alpha value is -4.68. The SMILES string of the molecule is N#Cc1ccnc(-c2ccc(-c3ccc4c(c3)c3ccccc3n4-c3ccccc3)cc2)c1. The maximum Gasteiger partial charge on any atom is 0.0992 e. The molecule has 2 heterocycles. The van der Waals surface area contributed by atoms with E-state index in [2.05, 4.69) is 107 Å². The van der Waals surface area contributed by atoms with Crippen LogP contribution in [0.5, 0.6) is 0 Å². The molecule has 4 aromatic carbocycles. The van der Waals surface area contributed by atoms with Crippen molar-refractivity contribution in [3.8, 4) is 34.1 Å². The summed E-state index contributed by atoms with van der Waals surface area (Å²) in [5, 5.41) is 11.6. The second kappa shape index (κ2) is 7.78. The van der Waals surface area contributed by atoms with Gasteiger partial charge < -0.3 is 4.57 Å². The van der Waals surface area contributed by atoms with Gasteiger partial charge in [0.2, 0.25) is 0 Å². The van der Waals surface area contributed by atoms with Gasteiger partial charge in [0.1, 0.15) is 0 Å². The van der Waals surface area contributed by atoms with Crippen LogP contribution < -0.4 is 0 Å². The van der Waals surface area contributed by atoms with E-state index in [0.29, 0.717) is 5.56 Å². The van der Waals surface area contributed by atoms with Crippen LogP contribution in [0.3, 0.4) is 0 Å². The lowest BCUT2D eigenvalue weighted by atomic mass is 10.0.